The van der Waals surface area contributed by atoms with Gasteiger partial charge in [-0.15, -0.1) is 0 Å². The number of hydrogen-bond acceptors (Lipinski definition) is 3. The predicted octanol–water partition coefficient (Wildman–Crippen LogP) is 4.05. The Labute approximate surface area is 132 Å². The molecule has 1 heterocycles. The van der Waals surface area contributed by atoms with Crippen molar-refractivity contribution in [1.82, 2.24) is 0 Å². The van der Waals surface area contributed by atoms with Gasteiger partial charge in [-0.05, 0) is 42.3 Å². The summed E-state index contributed by atoms with van der Waals surface area (Å²) in [5, 5.41) is 9.27. The lowest BCUT2D eigenvalue weighted by Crippen LogP contribution is -2.04. The van der Waals surface area contributed by atoms with E-state index in [1.54, 1.807) is 0 Å². The van der Waals surface area contributed by atoms with Crippen LogP contribution in [0.15, 0.2) is 63.8 Å². The number of benzene rings is 2. The molecule has 0 aliphatic heterocycles. The molecule has 4 nitrogen and oxygen atoms in total. The first-order valence-corrected chi connectivity index (χ1v) is 7.09. The number of carbonyl (C=O) groups is 1. The summed E-state index contributed by atoms with van der Waals surface area (Å²) in [6.07, 6.45) is 1.93. The highest BCUT2D eigenvalue weighted by atomic mass is 16.4. The fourth-order valence-electron chi connectivity index (χ4n) is 2.35. The topological polar surface area (TPSA) is 67.5 Å². The van der Waals surface area contributed by atoms with Crippen molar-refractivity contribution < 1.29 is 14.3 Å². The Morgan fingerprint density at radius 1 is 1.09 bits per heavy atom. The van der Waals surface area contributed by atoms with E-state index in [9.17, 15) is 9.59 Å². The van der Waals surface area contributed by atoms with Gasteiger partial charge in [-0.3, -0.25) is 4.79 Å². The minimum atomic E-state index is -1.07. The molecule has 0 radical (unpaired) electrons. The Hall–Kier alpha value is -3.14. The number of fused-ring (bicyclic) bond motifs is 1. The zero-order chi connectivity index (χ0) is 16.4. The fourth-order valence-corrected chi connectivity index (χ4v) is 2.35. The Bertz CT molecular complexity index is 966. The molecule has 3 rings (SSSR count). The Balaban J connectivity index is 2.10. The molecule has 4 heteroatoms. The van der Waals surface area contributed by atoms with E-state index in [-0.39, 0.29) is 16.4 Å². The van der Waals surface area contributed by atoms with Crippen LogP contribution in [-0.4, -0.2) is 11.1 Å². The third-order valence-electron chi connectivity index (χ3n) is 3.55. The number of carboxylic acid groups (broad SMARTS) is 1. The summed E-state index contributed by atoms with van der Waals surface area (Å²) in [6, 6.07) is 15.4. The zero-order valence-electron chi connectivity index (χ0n) is 12.4. The van der Waals surface area contributed by atoms with Crippen LogP contribution in [0.1, 0.15) is 28.6 Å². The maximum atomic E-state index is 12.3. The molecule has 2 aromatic carbocycles. The van der Waals surface area contributed by atoms with Crippen LogP contribution in [0.25, 0.3) is 22.6 Å². The van der Waals surface area contributed by atoms with Gasteiger partial charge in [0.1, 0.15) is 11.3 Å². The summed E-state index contributed by atoms with van der Waals surface area (Å²) in [7, 11) is 0. The summed E-state index contributed by atoms with van der Waals surface area (Å²) in [5.74, 6) is -0.607. The van der Waals surface area contributed by atoms with E-state index in [0.717, 1.165) is 11.1 Å². The highest BCUT2D eigenvalue weighted by Crippen LogP contribution is 2.21. The molecule has 0 atom stereocenters. The molecule has 0 unspecified atom stereocenters. The monoisotopic (exact) mass is 306 g/mol. The van der Waals surface area contributed by atoms with E-state index < -0.39 is 5.97 Å². The minimum Gasteiger partial charge on any atom is -0.478 e. The van der Waals surface area contributed by atoms with E-state index in [1.807, 2.05) is 43.3 Å². The summed E-state index contributed by atoms with van der Waals surface area (Å²) >= 11 is 0. The van der Waals surface area contributed by atoms with Crippen molar-refractivity contribution in [1.29, 1.82) is 0 Å². The van der Waals surface area contributed by atoms with E-state index in [0.29, 0.717) is 11.3 Å². The molecule has 0 fully saturated rings. The lowest BCUT2D eigenvalue weighted by Gasteiger charge is -2.04. The molecule has 0 aliphatic rings. The van der Waals surface area contributed by atoms with Gasteiger partial charge in [-0.1, -0.05) is 30.3 Å². The van der Waals surface area contributed by atoms with Gasteiger partial charge in [0.2, 0.25) is 0 Å². The number of rotatable bonds is 3. The Morgan fingerprint density at radius 2 is 1.83 bits per heavy atom. The molecule has 114 valence electrons. The SMILES string of the molecule is C/C(=C\c1ccccc1)c1cc(=O)c2cc(C(=O)O)ccc2o1. The zero-order valence-corrected chi connectivity index (χ0v) is 12.4. The summed E-state index contributed by atoms with van der Waals surface area (Å²) in [4.78, 5) is 23.2. The quantitative estimate of drug-likeness (QED) is 0.792. The summed E-state index contributed by atoms with van der Waals surface area (Å²) < 4.78 is 5.75. The van der Waals surface area contributed by atoms with Crippen molar-refractivity contribution in [3.63, 3.8) is 0 Å². The van der Waals surface area contributed by atoms with Gasteiger partial charge >= 0.3 is 5.97 Å². The van der Waals surface area contributed by atoms with Crippen molar-refractivity contribution in [2.24, 2.45) is 0 Å². The molecule has 0 amide bonds. The van der Waals surface area contributed by atoms with Gasteiger partial charge in [-0.25, -0.2) is 4.79 Å². The Kier molecular flexibility index (Phi) is 3.81. The van der Waals surface area contributed by atoms with E-state index in [2.05, 4.69) is 0 Å². The van der Waals surface area contributed by atoms with Crippen LogP contribution < -0.4 is 5.43 Å². The second-order valence-electron chi connectivity index (χ2n) is 5.23. The molecule has 1 aromatic heterocycles. The van der Waals surface area contributed by atoms with Gasteiger partial charge in [0.25, 0.3) is 0 Å². The first-order chi connectivity index (χ1) is 11.0. The molecule has 0 aliphatic carbocycles. The average molecular weight is 306 g/mol. The third kappa shape index (κ3) is 3.06. The molecule has 0 bridgehead atoms. The van der Waals surface area contributed by atoms with Crippen LogP contribution in [0.3, 0.4) is 0 Å². The predicted molar refractivity (Wildman–Crippen MR) is 89.4 cm³/mol. The van der Waals surface area contributed by atoms with E-state index >= 15 is 0 Å². The van der Waals surface area contributed by atoms with Gasteiger partial charge in [0.15, 0.2) is 5.43 Å². The summed E-state index contributed by atoms with van der Waals surface area (Å²) in [5.41, 5.74) is 2.00. The molecule has 23 heavy (non-hydrogen) atoms. The van der Waals surface area contributed by atoms with Crippen molar-refractivity contribution in [2.45, 2.75) is 6.92 Å². The van der Waals surface area contributed by atoms with Crippen molar-refractivity contribution in [2.75, 3.05) is 0 Å². The van der Waals surface area contributed by atoms with Gasteiger partial charge in [0, 0.05) is 6.07 Å². The number of aromatic carboxylic acids is 1. The van der Waals surface area contributed by atoms with Crippen LogP contribution in [0.4, 0.5) is 0 Å². The maximum absolute atomic E-state index is 12.3. The molecular weight excluding hydrogens is 292 g/mol. The lowest BCUT2D eigenvalue weighted by molar-refractivity contribution is 0.0697. The second kappa shape index (κ2) is 5.93. The number of allylic oxidation sites excluding steroid dienone is 1. The molecule has 0 spiro atoms. The van der Waals surface area contributed by atoms with Crippen LogP contribution >= 0.6 is 0 Å². The van der Waals surface area contributed by atoms with Crippen molar-refractivity contribution >= 4 is 28.6 Å². The summed E-state index contributed by atoms with van der Waals surface area (Å²) in [6.45, 7) is 1.86. The van der Waals surface area contributed by atoms with Crippen LogP contribution in [0.2, 0.25) is 0 Å². The van der Waals surface area contributed by atoms with Crippen LogP contribution in [0, 0.1) is 0 Å². The van der Waals surface area contributed by atoms with Crippen molar-refractivity contribution in [3.05, 3.63) is 81.7 Å². The van der Waals surface area contributed by atoms with Gasteiger partial charge in [0.05, 0.1) is 10.9 Å². The highest BCUT2D eigenvalue weighted by molar-refractivity contribution is 5.93. The maximum Gasteiger partial charge on any atom is 0.335 e. The second-order valence-corrected chi connectivity index (χ2v) is 5.23. The Morgan fingerprint density at radius 3 is 2.52 bits per heavy atom. The number of carboxylic acids is 1. The van der Waals surface area contributed by atoms with Crippen molar-refractivity contribution in [3.8, 4) is 0 Å². The fraction of sp³-hybridized carbons (Fsp3) is 0.0526. The molecule has 0 saturated carbocycles. The molecule has 3 aromatic rings. The van der Waals surface area contributed by atoms with Crippen LogP contribution in [-0.2, 0) is 0 Å². The largest absolute Gasteiger partial charge is 0.478 e. The van der Waals surface area contributed by atoms with E-state index in [1.165, 1.54) is 24.3 Å². The van der Waals surface area contributed by atoms with Gasteiger partial charge in [-0.2, -0.15) is 0 Å². The highest BCUT2D eigenvalue weighted by Gasteiger charge is 2.10. The lowest BCUT2D eigenvalue weighted by atomic mass is 10.1. The molecular formula is C19H14O4. The number of hydrogen-bond donors (Lipinski definition) is 1. The minimum absolute atomic E-state index is 0.0640. The van der Waals surface area contributed by atoms with Crippen LogP contribution in [0.5, 0.6) is 0 Å². The molecule has 1 N–H and O–H groups in total. The first-order valence-electron chi connectivity index (χ1n) is 7.09. The normalized spacial score (nSPS) is 11.6. The average Bonchev–Trinajstić information content (AvgIpc) is 2.55. The van der Waals surface area contributed by atoms with Gasteiger partial charge < -0.3 is 9.52 Å². The molecule has 0 saturated heterocycles. The first kappa shape index (κ1) is 14.8. The standard InChI is InChI=1S/C19H14O4/c1-12(9-13-5-3-2-4-6-13)18-11-16(20)15-10-14(19(21)22)7-8-17(15)23-18/h2-11H,1H3,(H,21,22)/b12-9+. The third-order valence-corrected chi connectivity index (χ3v) is 3.55. The smallest absolute Gasteiger partial charge is 0.335 e. The van der Waals surface area contributed by atoms with E-state index in [4.69, 9.17) is 9.52 Å².